The van der Waals surface area contributed by atoms with Crippen LogP contribution in [-0.4, -0.2) is 57.6 Å². The van der Waals surface area contributed by atoms with E-state index in [1.54, 1.807) is 11.8 Å². The first kappa shape index (κ1) is 25.6. The van der Waals surface area contributed by atoms with Gasteiger partial charge in [-0.25, -0.2) is 24.2 Å². The van der Waals surface area contributed by atoms with Gasteiger partial charge in [0.1, 0.15) is 0 Å². The van der Waals surface area contributed by atoms with Crippen molar-refractivity contribution in [3.8, 4) is 0 Å². The van der Waals surface area contributed by atoms with Gasteiger partial charge in [-0.2, -0.15) is 11.8 Å². The maximum Gasteiger partial charge on any atom is 0.398 e. The summed E-state index contributed by atoms with van der Waals surface area (Å²) >= 11 is 1.76. The lowest BCUT2D eigenvalue weighted by Gasteiger charge is -2.41. The van der Waals surface area contributed by atoms with Crippen LogP contribution >= 0.6 is 11.8 Å². The van der Waals surface area contributed by atoms with Gasteiger partial charge in [-0.05, 0) is 32.1 Å². The predicted octanol–water partition coefficient (Wildman–Crippen LogP) is 2.95. The van der Waals surface area contributed by atoms with Gasteiger partial charge in [0, 0.05) is 17.4 Å². The van der Waals surface area contributed by atoms with Gasteiger partial charge in [0.2, 0.25) is 5.66 Å². The molecule has 0 aromatic rings. The highest BCUT2D eigenvalue weighted by Crippen LogP contribution is 2.42. The summed E-state index contributed by atoms with van der Waals surface area (Å²) in [5.41, 5.74) is 0.803. The van der Waals surface area contributed by atoms with Crippen LogP contribution in [0, 0.1) is 0 Å². The van der Waals surface area contributed by atoms with Crippen LogP contribution in [0.5, 0.6) is 0 Å². The van der Waals surface area contributed by atoms with Crippen LogP contribution in [0.2, 0.25) is 0 Å². The van der Waals surface area contributed by atoms with E-state index < -0.39 is 29.6 Å². The Balaban J connectivity index is 1.89. The lowest BCUT2D eigenvalue weighted by atomic mass is 9.95. The summed E-state index contributed by atoms with van der Waals surface area (Å²) in [6.07, 6.45) is 6.46. The number of hydroxylamine groups is 1. The summed E-state index contributed by atoms with van der Waals surface area (Å²) in [4.78, 5) is 67.4. The first-order valence-corrected chi connectivity index (χ1v) is 13.1. The fourth-order valence-corrected chi connectivity index (χ4v) is 6.20. The highest BCUT2D eigenvalue weighted by molar-refractivity contribution is 8.00. The maximum atomic E-state index is 13.5. The standard InChI is InChI=1S/C22H35N3O7S/c1-3-5-7-12-18(27)31-32-20(28)22(13-6-4-2)24-30-17(26)11-9-8-10-16-19-15(14-33-16)23-21(29)25(19)22/h15-16,19,24H,3-14H2,1-2H3,(H,23,29)/t15-,16-,19-,22?/m1/s1. The second-order valence-electron chi connectivity index (χ2n) is 8.86. The zero-order valence-corrected chi connectivity index (χ0v) is 20.2. The first-order chi connectivity index (χ1) is 15.9. The molecule has 0 aliphatic carbocycles. The monoisotopic (exact) mass is 485 g/mol. The highest BCUT2D eigenvalue weighted by Gasteiger charge is 2.60. The van der Waals surface area contributed by atoms with E-state index in [1.807, 2.05) is 13.8 Å². The Morgan fingerprint density at radius 1 is 1.15 bits per heavy atom. The third-order valence-electron chi connectivity index (χ3n) is 6.40. The summed E-state index contributed by atoms with van der Waals surface area (Å²) in [5.74, 6) is -1.41. The number of hydrogen-bond donors (Lipinski definition) is 2. The minimum absolute atomic E-state index is 0.106. The van der Waals surface area contributed by atoms with Crippen molar-refractivity contribution >= 4 is 35.7 Å². The average molecular weight is 486 g/mol. The van der Waals surface area contributed by atoms with E-state index in [0.29, 0.717) is 19.3 Å². The first-order valence-electron chi connectivity index (χ1n) is 12.0. The molecule has 0 bridgehead atoms. The van der Waals surface area contributed by atoms with E-state index in [4.69, 9.17) is 14.6 Å². The zero-order chi connectivity index (χ0) is 23.8. The minimum atomic E-state index is -1.80. The van der Waals surface area contributed by atoms with E-state index in [2.05, 4.69) is 10.8 Å². The maximum absolute atomic E-state index is 13.5. The second-order valence-corrected chi connectivity index (χ2v) is 10.1. The lowest BCUT2D eigenvalue weighted by Crippen LogP contribution is -2.68. The third kappa shape index (κ3) is 5.92. The molecular weight excluding hydrogens is 450 g/mol. The van der Waals surface area contributed by atoms with Crippen LogP contribution in [0.1, 0.15) is 84.5 Å². The highest BCUT2D eigenvalue weighted by atomic mass is 32.2. The van der Waals surface area contributed by atoms with Crippen molar-refractivity contribution in [1.82, 2.24) is 15.7 Å². The second kappa shape index (κ2) is 11.9. The molecule has 3 rings (SSSR count). The molecule has 0 radical (unpaired) electrons. The zero-order valence-electron chi connectivity index (χ0n) is 19.4. The smallest absolute Gasteiger partial charge is 0.368 e. The van der Waals surface area contributed by atoms with Crippen LogP contribution in [-0.2, 0) is 29.0 Å². The predicted molar refractivity (Wildman–Crippen MR) is 120 cm³/mol. The number of rotatable bonds is 8. The average Bonchev–Trinajstić information content (AvgIpc) is 3.33. The molecule has 3 heterocycles. The topological polar surface area (TPSA) is 123 Å². The third-order valence-corrected chi connectivity index (χ3v) is 7.89. The van der Waals surface area contributed by atoms with Gasteiger partial charge in [-0.1, -0.05) is 39.5 Å². The molecule has 3 aliphatic heterocycles. The van der Waals surface area contributed by atoms with Gasteiger partial charge in [0.05, 0.1) is 18.5 Å². The van der Waals surface area contributed by atoms with Gasteiger partial charge < -0.3 is 10.2 Å². The van der Waals surface area contributed by atoms with Crippen molar-refractivity contribution < 1.29 is 33.8 Å². The van der Waals surface area contributed by atoms with Gasteiger partial charge in [-0.15, -0.1) is 5.48 Å². The molecular formula is C22H35N3O7S. The number of nitrogens with one attached hydrogen (secondary N) is 2. The van der Waals surface area contributed by atoms with Gasteiger partial charge >= 0.3 is 23.9 Å². The van der Waals surface area contributed by atoms with Crippen LogP contribution in [0.4, 0.5) is 4.79 Å². The molecule has 0 spiro atoms. The molecule has 0 aromatic carbocycles. The number of carbonyl (C=O) groups excluding carboxylic acids is 4. The summed E-state index contributed by atoms with van der Waals surface area (Å²) in [6, 6.07) is -0.840. The number of urea groups is 1. The number of carbonyl (C=O) groups is 4. The molecule has 11 heteroatoms. The molecule has 2 N–H and O–H groups in total. The van der Waals surface area contributed by atoms with Crippen molar-refractivity contribution in [2.75, 3.05) is 5.75 Å². The van der Waals surface area contributed by atoms with E-state index >= 15 is 0 Å². The SMILES string of the molecule is CCCCCC(=O)OOC(=O)C1(CCCC)NOC(=O)CCCC[C@H]2SC[C@H]3NC(=O)N1[C@H]32. The Hall–Kier alpha value is -2.01. The molecule has 3 fully saturated rings. The van der Waals surface area contributed by atoms with E-state index in [1.165, 1.54) is 4.90 Å². The number of amides is 2. The number of nitrogens with zero attached hydrogens (tertiary/aromatic N) is 1. The molecule has 186 valence electrons. The van der Waals surface area contributed by atoms with Crippen LogP contribution in [0.3, 0.4) is 0 Å². The van der Waals surface area contributed by atoms with Gasteiger partial charge in [0.15, 0.2) is 0 Å². The Bertz CT molecular complexity index is 737. The molecule has 4 atom stereocenters. The van der Waals surface area contributed by atoms with Crippen LogP contribution < -0.4 is 10.8 Å². The number of hydrogen-bond acceptors (Lipinski definition) is 9. The molecule has 0 saturated carbocycles. The molecule has 10 nitrogen and oxygen atoms in total. The quantitative estimate of drug-likeness (QED) is 0.231. The Kier molecular flexibility index (Phi) is 9.25. The van der Waals surface area contributed by atoms with Gasteiger partial charge in [0.25, 0.3) is 0 Å². The fourth-order valence-electron chi connectivity index (χ4n) is 4.62. The number of thioether (sulfide) groups is 1. The van der Waals surface area contributed by atoms with Gasteiger partial charge in [-0.3, -0.25) is 9.69 Å². The molecule has 3 aliphatic rings. The van der Waals surface area contributed by atoms with Crippen molar-refractivity contribution in [2.45, 2.75) is 107 Å². The van der Waals surface area contributed by atoms with Crippen molar-refractivity contribution in [3.63, 3.8) is 0 Å². The largest absolute Gasteiger partial charge is 0.398 e. The lowest BCUT2D eigenvalue weighted by molar-refractivity contribution is -0.272. The molecule has 0 aromatic heterocycles. The Labute approximate surface area is 198 Å². The van der Waals surface area contributed by atoms with Crippen molar-refractivity contribution in [3.05, 3.63) is 0 Å². The summed E-state index contributed by atoms with van der Waals surface area (Å²) < 4.78 is 0. The van der Waals surface area contributed by atoms with Crippen molar-refractivity contribution in [2.24, 2.45) is 0 Å². The molecule has 3 saturated heterocycles. The fraction of sp³-hybridized carbons (Fsp3) is 0.818. The Morgan fingerprint density at radius 2 is 1.94 bits per heavy atom. The minimum Gasteiger partial charge on any atom is -0.368 e. The van der Waals surface area contributed by atoms with E-state index in [-0.39, 0.29) is 36.6 Å². The summed E-state index contributed by atoms with van der Waals surface area (Å²) in [5, 5.41) is 3.07. The summed E-state index contributed by atoms with van der Waals surface area (Å²) in [6.45, 7) is 3.96. The summed E-state index contributed by atoms with van der Waals surface area (Å²) in [7, 11) is 0. The van der Waals surface area contributed by atoms with E-state index in [9.17, 15) is 19.2 Å². The van der Waals surface area contributed by atoms with Crippen LogP contribution in [0.25, 0.3) is 0 Å². The molecule has 2 amide bonds. The van der Waals surface area contributed by atoms with E-state index in [0.717, 1.165) is 37.9 Å². The Morgan fingerprint density at radius 3 is 2.70 bits per heavy atom. The molecule has 1 unspecified atom stereocenters. The normalized spacial score (nSPS) is 29.5. The van der Waals surface area contributed by atoms with Crippen molar-refractivity contribution in [1.29, 1.82) is 0 Å². The molecule has 33 heavy (non-hydrogen) atoms. The van der Waals surface area contributed by atoms with Crippen LogP contribution in [0.15, 0.2) is 0 Å². The number of unbranched alkanes of at least 4 members (excludes halogenated alkanes) is 3.